The summed E-state index contributed by atoms with van der Waals surface area (Å²) in [6.07, 6.45) is -9.38. The monoisotopic (exact) mass is 561 g/mol. The first-order valence-electron chi connectivity index (χ1n) is 10.7. The van der Waals surface area contributed by atoms with E-state index in [4.69, 9.17) is 9.72 Å². The molecule has 4 heterocycles. The Morgan fingerprint density at radius 2 is 1.66 bits per heavy atom. The zero-order chi connectivity index (χ0) is 25.4. The first-order valence-corrected chi connectivity index (χ1v) is 11.5. The van der Waals surface area contributed by atoms with Gasteiger partial charge < -0.3 is 9.30 Å². The number of hydrogen-bond acceptors (Lipinski definition) is 3. The van der Waals surface area contributed by atoms with Gasteiger partial charge >= 0.3 is 18.4 Å². The van der Waals surface area contributed by atoms with Crippen LogP contribution in [0.3, 0.4) is 0 Å². The summed E-state index contributed by atoms with van der Waals surface area (Å²) >= 11 is 3.51. The molecule has 3 aromatic rings. The van der Waals surface area contributed by atoms with Gasteiger partial charge in [0.05, 0.1) is 28.9 Å². The number of amides is 1. The molecule has 0 N–H and O–H groups in total. The van der Waals surface area contributed by atoms with Gasteiger partial charge in [-0.1, -0.05) is 0 Å². The molecular weight excluding hydrogens is 544 g/mol. The molecule has 0 aliphatic carbocycles. The number of benzene rings is 1. The number of cyclic esters (lactones) is 1. The van der Waals surface area contributed by atoms with Crippen LogP contribution < -0.4 is 0 Å². The minimum Gasteiger partial charge on any atom is -0.439 e. The molecule has 0 saturated carbocycles. The van der Waals surface area contributed by atoms with E-state index in [9.17, 15) is 31.1 Å². The molecule has 0 spiro atoms. The van der Waals surface area contributed by atoms with Crippen molar-refractivity contribution < 1.29 is 35.9 Å². The minimum absolute atomic E-state index is 0.0631. The Labute approximate surface area is 203 Å². The van der Waals surface area contributed by atoms with Crippen molar-refractivity contribution >= 4 is 33.1 Å². The van der Waals surface area contributed by atoms with E-state index in [1.54, 1.807) is 0 Å². The summed E-state index contributed by atoms with van der Waals surface area (Å²) in [5.41, 5.74) is -0.966. The highest BCUT2D eigenvalue weighted by atomic mass is 79.9. The number of rotatable bonds is 2. The Morgan fingerprint density at radius 3 is 2.26 bits per heavy atom. The second kappa shape index (κ2) is 7.87. The number of hydrogen-bond donors (Lipinski definition) is 0. The molecule has 35 heavy (non-hydrogen) atoms. The quantitative estimate of drug-likeness (QED) is 0.314. The van der Waals surface area contributed by atoms with Gasteiger partial charge in [-0.05, 0) is 71.1 Å². The van der Waals surface area contributed by atoms with Gasteiger partial charge in [-0.2, -0.15) is 26.3 Å². The topological polar surface area (TPSA) is 47.4 Å². The summed E-state index contributed by atoms with van der Waals surface area (Å²) in [5, 5.41) is 0.920. The number of halogens is 7. The number of aromatic nitrogens is 2. The summed E-state index contributed by atoms with van der Waals surface area (Å²) in [7, 11) is 1.84. The Morgan fingerprint density at radius 1 is 1.03 bits per heavy atom. The highest BCUT2D eigenvalue weighted by Gasteiger charge is 2.52. The van der Waals surface area contributed by atoms with Gasteiger partial charge in [-0.15, -0.1) is 0 Å². The molecule has 186 valence electrons. The summed E-state index contributed by atoms with van der Waals surface area (Å²) in [4.78, 5) is 19.0. The van der Waals surface area contributed by atoms with Crippen molar-refractivity contribution in [2.75, 3.05) is 0 Å². The molecule has 2 aromatic heterocycles. The van der Waals surface area contributed by atoms with Crippen molar-refractivity contribution in [2.45, 2.75) is 50.3 Å². The van der Waals surface area contributed by atoms with Crippen molar-refractivity contribution in [3.8, 4) is 0 Å². The third-order valence-electron chi connectivity index (χ3n) is 6.60. The van der Waals surface area contributed by atoms with Gasteiger partial charge in [-0.25, -0.2) is 9.78 Å². The zero-order valence-corrected chi connectivity index (χ0v) is 19.9. The van der Waals surface area contributed by atoms with Gasteiger partial charge in [0.2, 0.25) is 0 Å². The molecule has 0 radical (unpaired) electrons. The summed E-state index contributed by atoms with van der Waals surface area (Å²) in [5.74, 6) is 0. The van der Waals surface area contributed by atoms with Gasteiger partial charge in [0, 0.05) is 23.1 Å². The number of carbonyl (C=O) groups excluding carboxylic acids is 1. The predicted molar refractivity (Wildman–Crippen MR) is 116 cm³/mol. The second-order valence-corrected chi connectivity index (χ2v) is 9.72. The largest absolute Gasteiger partial charge is 0.439 e. The van der Waals surface area contributed by atoms with Crippen molar-refractivity contribution in [2.24, 2.45) is 7.05 Å². The van der Waals surface area contributed by atoms with Gasteiger partial charge in [-0.3, -0.25) is 4.90 Å². The van der Waals surface area contributed by atoms with Gasteiger partial charge in [0.15, 0.2) is 0 Å². The third-order valence-corrected chi connectivity index (χ3v) is 7.24. The molecule has 12 heteroatoms. The number of pyridine rings is 1. The molecule has 5 rings (SSSR count). The minimum atomic E-state index is -4.99. The molecule has 3 atom stereocenters. The fraction of sp³-hybridized carbons (Fsp3) is 0.391. The predicted octanol–water partition coefficient (Wildman–Crippen LogP) is 7.08. The number of alkyl halides is 6. The number of aryl methyl sites for hydroxylation is 2. The second-order valence-electron chi connectivity index (χ2n) is 8.86. The molecule has 2 aliphatic heterocycles. The number of ether oxygens (including phenoxy) is 1. The van der Waals surface area contributed by atoms with Crippen molar-refractivity contribution in [3.63, 3.8) is 0 Å². The first kappa shape index (κ1) is 24.0. The molecule has 0 unspecified atom stereocenters. The summed E-state index contributed by atoms with van der Waals surface area (Å²) < 4.78 is 88.0. The normalized spacial score (nSPS) is 22.7. The summed E-state index contributed by atoms with van der Waals surface area (Å²) in [6.45, 7) is 1.94. The Kier molecular flexibility index (Phi) is 5.39. The highest BCUT2D eigenvalue weighted by Crippen LogP contribution is 2.49. The van der Waals surface area contributed by atoms with Gasteiger partial charge in [0.25, 0.3) is 0 Å². The summed E-state index contributed by atoms with van der Waals surface area (Å²) in [6, 6.07) is 1.93. The number of nitrogens with zero attached hydrogens (tertiary/aromatic N) is 3. The molecule has 1 aromatic carbocycles. The van der Waals surface area contributed by atoms with E-state index in [0.717, 1.165) is 10.9 Å². The maximum atomic E-state index is 13.4. The fourth-order valence-electron chi connectivity index (χ4n) is 5.05. The van der Waals surface area contributed by atoms with E-state index in [-0.39, 0.29) is 11.6 Å². The van der Waals surface area contributed by atoms with Crippen molar-refractivity contribution in [3.05, 3.63) is 62.9 Å². The van der Waals surface area contributed by atoms with E-state index in [1.807, 2.05) is 30.8 Å². The van der Waals surface area contributed by atoms with E-state index >= 15 is 0 Å². The lowest BCUT2D eigenvalue weighted by atomic mass is 9.96. The Hall–Kier alpha value is -2.76. The molecular formula is C23H18BrF6N3O2. The lowest BCUT2D eigenvalue weighted by Crippen LogP contribution is -2.31. The van der Waals surface area contributed by atoms with Crippen LogP contribution in [0.25, 0.3) is 11.0 Å². The Bertz CT molecular complexity index is 1320. The fourth-order valence-corrected chi connectivity index (χ4v) is 5.64. The van der Waals surface area contributed by atoms with Crippen LogP contribution >= 0.6 is 15.9 Å². The average molecular weight is 562 g/mol. The van der Waals surface area contributed by atoms with Crippen LogP contribution in [-0.4, -0.2) is 26.6 Å². The standard InChI is InChI=1S/C23H18BrF6N3O2/c1-10-9-32(2)20-14(10)8-15(24)18(31-20)16-3-4-17-19(35-21(34)33(16)17)11-5-12(22(25,26)27)7-13(6-11)23(28,29)30/h5-9,16-17,19H,3-4H2,1-2H3/t16-,17-,19+/m0/s1. The van der Waals surface area contributed by atoms with Crippen LogP contribution in [0.4, 0.5) is 31.1 Å². The maximum Gasteiger partial charge on any atom is 0.416 e. The van der Waals surface area contributed by atoms with E-state index < -0.39 is 47.8 Å². The van der Waals surface area contributed by atoms with E-state index in [1.165, 1.54) is 4.90 Å². The third kappa shape index (κ3) is 3.95. The highest BCUT2D eigenvalue weighted by molar-refractivity contribution is 9.10. The van der Waals surface area contributed by atoms with Crippen LogP contribution in [-0.2, 0) is 24.1 Å². The van der Waals surface area contributed by atoms with Crippen LogP contribution in [0.15, 0.2) is 34.9 Å². The zero-order valence-electron chi connectivity index (χ0n) is 18.3. The molecule has 2 saturated heterocycles. The average Bonchev–Trinajstić information content (AvgIpc) is 3.40. The van der Waals surface area contributed by atoms with Gasteiger partial charge in [0.1, 0.15) is 11.8 Å². The molecule has 1 amide bonds. The van der Waals surface area contributed by atoms with Crippen LogP contribution in [0.2, 0.25) is 0 Å². The van der Waals surface area contributed by atoms with Crippen LogP contribution in [0.1, 0.15) is 52.9 Å². The lowest BCUT2D eigenvalue weighted by Gasteiger charge is -2.23. The maximum absolute atomic E-state index is 13.4. The smallest absolute Gasteiger partial charge is 0.416 e. The molecule has 2 fully saturated rings. The number of carbonyl (C=O) groups is 1. The van der Waals surface area contributed by atoms with E-state index in [2.05, 4.69) is 15.9 Å². The van der Waals surface area contributed by atoms with Crippen molar-refractivity contribution in [1.82, 2.24) is 14.5 Å². The molecule has 0 bridgehead atoms. The molecule has 5 nitrogen and oxygen atoms in total. The number of fused-ring (bicyclic) bond motifs is 2. The SMILES string of the molecule is Cc1cn(C)c2nc([C@@H]3CC[C@H]4[C@@H](c5cc(C(F)(F)F)cc(C(F)(F)F)c5)OC(=O)N34)c(Br)cc12. The van der Waals surface area contributed by atoms with Crippen LogP contribution in [0.5, 0.6) is 0 Å². The first-order chi connectivity index (χ1) is 16.3. The molecule has 2 aliphatic rings. The van der Waals surface area contributed by atoms with Crippen molar-refractivity contribution in [1.29, 1.82) is 0 Å². The lowest BCUT2D eigenvalue weighted by molar-refractivity contribution is -0.143. The Balaban J connectivity index is 1.54. The van der Waals surface area contributed by atoms with E-state index in [0.29, 0.717) is 40.8 Å². The van der Waals surface area contributed by atoms with Crippen LogP contribution in [0, 0.1) is 6.92 Å².